The van der Waals surface area contributed by atoms with Gasteiger partial charge in [-0.1, -0.05) is 11.6 Å². The summed E-state index contributed by atoms with van der Waals surface area (Å²) in [5, 5.41) is 13.0. The van der Waals surface area contributed by atoms with Crippen molar-refractivity contribution in [1.82, 2.24) is 15.3 Å². The lowest BCUT2D eigenvalue weighted by Gasteiger charge is -2.05. The average Bonchev–Trinajstić information content (AvgIpc) is 2.42. The number of benzene rings is 1. The monoisotopic (exact) mass is 295 g/mol. The second-order valence-corrected chi connectivity index (χ2v) is 5.07. The van der Waals surface area contributed by atoms with Crippen molar-refractivity contribution in [2.24, 2.45) is 0 Å². The number of hydrogen-bond donors (Lipinski definition) is 3. The molecule has 0 bridgehead atoms. The Morgan fingerprint density at radius 2 is 2.15 bits per heavy atom. The topological polar surface area (TPSA) is 78.0 Å². The molecule has 1 aromatic carbocycles. The number of aliphatic hydroxyl groups is 1. The Bertz CT molecular complexity index is 627. The third-order valence-electron chi connectivity index (χ3n) is 3.02. The zero-order valence-electron chi connectivity index (χ0n) is 11.2. The van der Waals surface area contributed by atoms with Crippen molar-refractivity contribution < 1.29 is 5.11 Å². The molecule has 0 fully saturated rings. The van der Waals surface area contributed by atoms with Gasteiger partial charge in [-0.3, -0.25) is 4.79 Å². The van der Waals surface area contributed by atoms with Crippen molar-refractivity contribution >= 4 is 22.5 Å². The number of unbranched alkanes of at least 4 members (excludes halogenated alkanes) is 2. The minimum absolute atomic E-state index is 0.149. The van der Waals surface area contributed by atoms with Gasteiger partial charge in [-0.25, -0.2) is 4.98 Å². The fraction of sp³-hybridized carbons (Fsp3) is 0.429. The summed E-state index contributed by atoms with van der Waals surface area (Å²) in [6, 6.07) is 5.05. The van der Waals surface area contributed by atoms with E-state index in [1.807, 2.05) is 0 Å². The Hall–Kier alpha value is -1.43. The summed E-state index contributed by atoms with van der Waals surface area (Å²) in [5.74, 6) is 0.604. The van der Waals surface area contributed by atoms with E-state index in [1.54, 1.807) is 18.2 Å². The summed E-state index contributed by atoms with van der Waals surface area (Å²) in [5.41, 5.74) is 0.460. The molecule has 0 atom stereocenters. The van der Waals surface area contributed by atoms with Crippen LogP contribution in [0.25, 0.3) is 10.9 Å². The maximum absolute atomic E-state index is 11.9. The molecule has 0 aliphatic rings. The molecule has 0 saturated carbocycles. The highest BCUT2D eigenvalue weighted by Gasteiger charge is 2.04. The summed E-state index contributed by atoms with van der Waals surface area (Å²) in [4.78, 5) is 19.0. The van der Waals surface area contributed by atoms with Crippen molar-refractivity contribution in [3.63, 3.8) is 0 Å². The number of halogens is 1. The van der Waals surface area contributed by atoms with Crippen LogP contribution >= 0.6 is 11.6 Å². The van der Waals surface area contributed by atoms with Gasteiger partial charge in [0.2, 0.25) is 0 Å². The normalized spacial score (nSPS) is 11.1. The van der Waals surface area contributed by atoms with Gasteiger partial charge in [0.1, 0.15) is 5.82 Å². The largest absolute Gasteiger partial charge is 0.396 e. The molecule has 2 aromatic rings. The number of fused-ring (bicyclic) bond motifs is 1. The smallest absolute Gasteiger partial charge is 0.258 e. The van der Waals surface area contributed by atoms with Crippen LogP contribution in [0.3, 0.4) is 0 Å². The molecule has 0 unspecified atom stereocenters. The van der Waals surface area contributed by atoms with E-state index in [-0.39, 0.29) is 12.2 Å². The van der Waals surface area contributed by atoms with Gasteiger partial charge < -0.3 is 15.4 Å². The van der Waals surface area contributed by atoms with Crippen LogP contribution < -0.4 is 10.9 Å². The van der Waals surface area contributed by atoms with E-state index in [9.17, 15) is 4.79 Å². The molecule has 3 N–H and O–H groups in total. The molecule has 6 heteroatoms. The van der Waals surface area contributed by atoms with Crippen LogP contribution in [-0.2, 0) is 6.54 Å². The van der Waals surface area contributed by atoms with Crippen LogP contribution in [0.5, 0.6) is 0 Å². The average molecular weight is 296 g/mol. The van der Waals surface area contributed by atoms with E-state index < -0.39 is 0 Å². The standard InChI is InChI=1S/C14H18ClN3O2/c15-10-4-5-11-12(8-10)17-13(18-14(11)20)9-16-6-2-1-3-7-19/h4-5,8,16,19H,1-3,6-7,9H2,(H,17,18,20). The van der Waals surface area contributed by atoms with Crippen LogP contribution in [0.15, 0.2) is 23.0 Å². The van der Waals surface area contributed by atoms with Crippen molar-refractivity contribution in [2.75, 3.05) is 13.2 Å². The molecular weight excluding hydrogens is 278 g/mol. The van der Waals surface area contributed by atoms with Gasteiger partial charge in [-0.15, -0.1) is 0 Å². The molecular formula is C14H18ClN3O2. The second-order valence-electron chi connectivity index (χ2n) is 4.64. The predicted molar refractivity (Wildman–Crippen MR) is 80.0 cm³/mol. The molecule has 108 valence electrons. The van der Waals surface area contributed by atoms with Gasteiger partial charge >= 0.3 is 0 Å². The van der Waals surface area contributed by atoms with Crippen molar-refractivity contribution in [3.05, 3.63) is 39.4 Å². The number of H-pyrrole nitrogens is 1. The summed E-state index contributed by atoms with van der Waals surface area (Å²) in [7, 11) is 0. The number of nitrogens with zero attached hydrogens (tertiary/aromatic N) is 1. The maximum atomic E-state index is 11.9. The van der Waals surface area contributed by atoms with Crippen molar-refractivity contribution in [2.45, 2.75) is 25.8 Å². The fourth-order valence-corrected chi connectivity index (χ4v) is 2.16. The quantitative estimate of drug-likeness (QED) is 0.681. The van der Waals surface area contributed by atoms with Crippen LogP contribution in [-0.4, -0.2) is 28.2 Å². The number of nitrogens with one attached hydrogen (secondary N) is 2. The fourth-order valence-electron chi connectivity index (χ4n) is 1.99. The molecule has 0 amide bonds. The molecule has 1 aromatic heterocycles. The molecule has 0 saturated heterocycles. The summed E-state index contributed by atoms with van der Waals surface area (Å²) in [6.07, 6.45) is 2.80. The Labute approximate surface area is 122 Å². The molecule has 0 radical (unpaired) electrons. The summed E-state index contributed by atoms with van der Waals surface area (Å²) < 4.78 is 0. The Kier molecular flexibility index (Phi) is 5.52. The SMILES string of the molecule is O=c1[nH]c(CNCCCCCO)nc2cc(Cl)ccc12. The van der Waals surface area contributed by atoms with E-state index in [4.69, 9.17) is 16.7 Å². The summed E-state index contributed by atoms with van der Waals surface area (Å²) >= 11 is 5.91. The van der Waals surface area contributed by atoms with Gasteiger partial charge in [0.25, 0.3) is 5.56 Å². The number of aromatic nitrogens is 2. The molecule has 0 aliphatic heterocycles. The minimum Gasteiger partial charge on any atom is -0.396 e. The zero-order chi connectivity index (χ0) is 14.4. The van der Waals surface area contributed by atoms with Gasteiger partial charge in [-0.05, 0) is 44.0 Å². The Morgan fingerprint density at radius 3 is 2.95 bits per heavy atom. The summed E-state index contributed by atoms with van der Waals surface area (Å²) in [6.45, 7) is 1.58. The first-order chi connectivity index (χ1) is 9.70. The lowest BCUT2D eigenvalue weighted by atomic mass is 10.2. The van der Waals surface area contributed by atoms with E-state index >= 15 is 0 Å². The number of aliphatic hydroxyl groups excluding tert-OH is 1. The molecule has 1 heterocycles. The Morgan fingerprint density at radius 1 is 1.30 bits per heavy atom. The van der Waals surface area contributed by atoms with E-state index in [1.165, 1.54) is 0 Å². The van der Waals surface area contributed by atoms with Crippen molar-refractivity contribution in [1.29, 1.82) is 0 Å². The molecule has 0 aliphatic carbocycles. The number of rotatable bonds is 7. The van der Waals surface area contributed by atoms with E-state index in [0.717, 1.165) is 25.8 Å². The van der Waals surface area contributed by atoms with Gasteiger partial charge in [0, 0.05) is 11.6 Å². The molecule has 0 spiro atoms. The highest BCUT2D eigenvalue weighted by molar-refractivity contribution is 6.31. The second kappa shape index (κ2) is 7.38. The highest BCUT2D eigenvalue weighted by Crippen LogP contribution is 2.14. The number of aromatic amines is 1. The molecule has 2 rings (SSSR count). The van der Waals surface area contributed by atoms with Crippen LogP contribution in [0.1, 0.15) is 25.1 Å². The third-order valence-corrected chi connectivity index (χ3v) is 3.26. The third kappa shape index (κ3) is 4.03. The van der Waals surface area contributed by atoms with Crippen LogP contribution in [0.4, 0.5) is 0 Å². The zero-order valence-corrected chi connectivity index (χ0v) is 11.9. The first kappa shape index (κ1) is 15.0. The van der Waals surface area contributed by atoms with Gasteiger partial charge in [-0.2, -0.15) is 0 Å². The van der Waals surface area contributed by atoms with Crippen LogP contribution in [0.2, 0.25) is 5.02 Å². The van der Waals surface area contributed by atoms with Crippen LogP contribution in [0, 0.1) is 0 Å². The first-order valence-electron chi connectivity index (χ1n) is 6.71. The van der Waals surface area contributed by atoms with E-state index in [0.29, 0.717) is 28.3 Å². The lowest BCUT2D eigenvalue weighted by Crippen LogP contribution is -2.20. The maximum Gasteiger partial charge on any atom is 0.258 e. The number of hydrogen-bond acceptors (Lipinski definition) is 4. The van der Waals surface area contributed by atoms with Crippen molar-refractivity contribution in [3.8, 4) is 0 Å². The van der Waals surface area contributed by atoms with Gasteiger partial charge in [0.05, 0.1) is 17.4 Å². The van der Waals surface area contributed by atoms with E-state index in [2.05, 4.69) is 15.3 Å². The highest BCUT2D eigenvalue weighted by atomic mass is 35.5. The predicted octanol–water partition coefficient (Wildman–Crippen LogP) is 1.83. The van der Waals surface area contributed by atoms with Gasteiger partial charge in [0.15, 0.2) is 0 Å². The minimum atomic E-state index is -0.149. The first-order valence-corrected chi connectivity index (χ1v) is 7.08. The molecule has 20 heavy (non-hydrogen) atoms. The Balaban J connectivity index is 1.98. The lowest BCUT2D eigenvalue weighted by molar-refractivity contribution is 0.283. The molecule has 5 nitrogen and oxygen atoms in total.